The highest BCUT2D eigenvalue weighted by Crippen LogP contribution is 2.23. The van der Waals surface area contributed by atoms with E-state index in [-0.39, 0.29) is 17.1 Å². The Labute approximate surface area is 169 Å². The molecule has 0 amide bonds. The number of rotatable bonds is 6. The van der Waals surface area contributed by atoms with Crippen LogP contribution in [0.1, 0.15) is 11.1 Å². The molecular formula is C21H20ClNO4S. The van der Waals surface area contributed by atoms with Crippen molar-refractivity contribution in [1.82, 2.24) is 4.57 Å². The summed E-state index contributed by atoms with van der Waals surface area (Å²) in [5.41, 5.74) is 2.73. The van der Waals surface area contributed by atoms with Gasteiger partial charge in [-0.2, -0.15) is 0 Å². The second-order valence-electron chi connectivity index (χ2n) is 6.53. The van der Waals surface area contributed by atoms with Gasteiger partial charge in [-0.15, -0.1) is 0 Å². The first kappa shape index (κ1) is 20.3. The Hall–Kier alpha value is -2.41. The second kappa shape index (κ2) is 8.31. The fourth-order valence-corrected chi connectivity index (χ4v) is 4.07. The van der Waals surface area contributed by atoms with E-state index in [1.807, 2.05) is 12.1 Å². The van der Waals surface area contributed by atoms with E-state index < -0.39 is 15.8 Å². The molecule has 28 heavy (non-hydrogen) atoms. The molecule has 3 aromatic rings. The fourth-order valence-electron chi connectivity index (χ4n) is 2.85. The van der Waals surface area contributed by atoms with Crippen LogP contribution in [-0.4, -0.2) is 18.9 Å². The Bertz CT molecular complexity index is 1140. The summed E-state index contributed by atoms with van der Waals surface area (Å²) in [5, 5.41) is 0.534. The van der Waals surface area contributed by atoms with Gasteiger partial charge < -0.3 is 9.30 Å². The van der Waals surface area contributed by atoms with Crippen molar-refractivity contribution in [3.05, 3.63) is 87.3 Å². The first-order chi connectivity index (χ1) is 13.3. The highest BCUT2D eigenvalue weighted by Gasteiger charge is 2.16. The maximum Gasteiger partial charge on any atom is 0.253 e. The minimum atomic E-state index is -3.64. The van der Waals surface area contributed by atoms with Crippen molar-refractivity contribution in [3.8, 4) is 11.1 Å². The van der Waals surface area contributed by atoms with E-state index in [4.69, 9.17) is 16.3 Å². The summed E-state index contributed by atoms with van der Waals surface area (Å²) in [6.45, 7) is 1.84. The molecule has 0 bridgehead atoms. The Morgan fingerprint density at radius 2 is 1.79 bits per heavy atom. The molecule has 5 nitrogen and oxygen atoms in total. The van der Waals surface area contributed by atoms with Gasteiger partial charge in [0.05, 0.1) is 11.5 Å². The molecule has 0 spiro atoms. The first-order valence-electron chi connectivity index (χ1n) is 8.59. The maximum absolute atomic E-state index is 12.7. The number of hydrogen-bond donors (Lipinski definition) is 0. The van der Waals surface area contributed by atoms with Crippen LogP contribution in [0.4, 0.5) is 0 Å². The van der Waals surface area contributed by atoms with E-state index in [1.54, 1.807) is 56.6 Å². The average Bonchev–Trinajstić information content (AvgIpc) is 2.67. The summed E-state index contributed by atoms with van der Waals surface area (Å²) >= 11 is 6.06. The highest BCUT2D eigenvalue weighted by atomic mass is 35.5. The van der Waals surface area contributed by atoms with Crippen LogP contribution in [0.25, 0.3) is 11.1 Å². The number of ether oxygens (including phenoxy) is 1. The van der Waals surface area contributed by atoms with Crippen LogP contribution in [-0.2, 0) is 28.2 Å². The molecule has 0 atom stereocenters. The van der Waals surface area contributed by atoms with Gasteiger partial charge in [0.15, 0.2) is 5.94 Å². The summed E-state index contributed by atoms with van der Waals surface area (Å²) in [5.74, 6) is -0.450. The van der Waals surface area contributed by atoms with Gasteiger partial charge in [-0.25, -0.2) is 8.42 Å². The van der Waals surface area contributed by atoms with E-state index >= 15 is 0 Å². The lowest BCUT2D eigenvalue weighted by molar-refractivity contribution is 0.163. The molecule has 0 aliphatic rings. The third kappa shape index (κ3) is 4.52. The SMILES string of the molecule is Cc1cc(-c2cccc(S(=O)(=O)COCc3ccccc3Cl)c2)cn(C)c1=O. The van der Waals surface area contributed by atoms with Crippen molar-refractivity contribution in [2.45, 2.75) is 18.4 Å². The number of aromatic nitrogens is 1. The van der Waals surface area contributed by atoms with E-state index in [1.165, 1.54) is 10.6 Å². The minimum absolute atomic E-state index is 0.0829. The predicted octanol–water partition coefficient (Wildman–Crippen LogP) is 3.96. The molecule has 146 valence electrons. The summed E-state index contributed by atoms with van der Waals surface area (Å²) < 4.78 is 32.2. The number of hydrogen-bond acceptors (Lipinski definition) is 4. The Morgan fingerprint density at radius 1 is 1.04 bits per heavy atom. The Balaban J connectivity index is 1.80. The summed E-state index contributed by atoms with van der Waals surface area (Å²) in [4.78, 5) is 12.0. The van der Waals surface area contributed by atoms with Gasteiger partial charge in [0, 0.05) is 23.8 Å². The van der Waals surface area contributed by atoms with Crippen LogP contribution in [0.15, 0.2) is 70.5 Å². The van der Waals surface area contributed by atoms with Gasteiger partial charge in [-0.3, -0.25) is 4.79 Å². The molecule has 0 saturated heterocycles. The fraction of sp³-hybridized carbons (Fsp3) is 0.190. The lowest BCUT2D eigenvalue weighted by atomic mass is 10.1. The van der Waals surface area contributed by atoms with E-state index in [9.17, 15) is 13.2 Å². The molecule has 2 aromatic carbocycles. The highest BCUT2D eigenvalue weighted by molar-refractivity contribution is 7.91. The van der Waals surface area contributed by atoms with Gasteiger partial charge in [0.1, 0.15) is 0 Å². The monoisotopic (exact) mass is 417 g/mol. The van der Waals surface area contributed by atoms with Crippen molar-refractivity contribution in [2.75, 3.05) is 5.94 Å². The Morgan fingerprint density at radius 3 is 2.50 bits per heavy atom. The topological polar surface area (TPSA) is 65.4 Å². The first-order valence-corrected chi connectivity index (χ1v) is 10.6. The van der Waals surface area contributed by atoms with E-state index in [0.29, 0.717) is 16.1 Å². The number of benzene rings is 2. The molecule has 0 saturated carbocycles. The molecule has 0 fully saturated rings. The zero-order chi connectivity index (χ0) is 20.3. The molecule has 0 aliphatic heterocycles. The Kier molecular flexibility index (Phi) is 6.03. The number of pyridine rings is 1. The molecule has 1 heterocycles. The predicted molar refractivity (Wildman–Crippen MR) is 110 cm³/mol. The summed E-state index contributed by atoms with van der Waals surface area (Å²) in [6.07, 6.45) is 1.69. The lowest BCUT2D eigenvalue weighted by Crippen LogP contribution is -2.18. The molecule has 3 rings (SSSR count). The number of nitrogens with zero attached hydrogens (tertiary/aromatic N) is 1. The molecular weight excluding hydrogens is 398 g/mol. The zero-order valence-corrected chi connectivity index (χ0v) is 17.1. The molecule has 0 aliphatic carbocycles. The molecule has 1 aromatic heterocycles. The van der Waals surface area contributed by atoms with Gasteiger partial charge in [0.25, 0.3) is 5.56 Å². The van der Waals surface area contributed by atoms with Gasteiger partial charge in [-0.1, -0.05) is 41.9 Å². The van der Waals surface area contributed by atoms with Gasteiger partial charge in [-0.05, 0) is 47.9 Å². The van der Waals surface area contributed by atoms with Crippen LogP contribution in [0, 0.1) is 6.92 Å². The van der Waals surface area contributed by atoms with E-state index in [2.05, 4.69) is 0 Å². The van der Waals surface area contributed by atoms with Crippen LogP contribution in [0.3, 0.4) is 0 Å². The third-order valence-corrected chi connectivity index (χ3v) is 6.16. The minimum Gasteiger partial charge on any atom is -0.360 e. The lowest BCUT2D eigenvalue weighted by Gasteiger charge is -2.10. The number of halogens is 1. The van der Waals surface area contributed by atoms with Crippen LogP contribution < -0.4 is 5.56 Å². The largest absolute Gasteiger partial charge is 0.360 e. The number of aryl methyl sites for hydroxylation is 2. The van der Waals surface area contributed by atoms with Crippen molar-refractivity contribution in [2.24, 2.45) is 7.05 Å². The van der Waals surface area contributed by atoms with Gasteiger partial charge >= 0.3 is 0 Å². The van der Waals surface area contributed by atoms with Crippen molar-refractivity contribution >= 4 is 21.4 Å². The zero-order valence-electron chi connectivity index (χ0n) is 15.6. The van der Waals surface area contributed by atoms with E-state index in [0.717, 1.165) is 11.1 Å². The van der Waals surface area contributed by atoms with Gasteiger partial charge in [0.2, 0.25) is 9.84 Å². The molecule has 0 N–H and O–H groups in total. The summed E-state index contributed by atoms with van der Waals surface area (Å²) in [7, 11) is -1.97. The smallest absolute Gasteiger partial charge is 0.253 e. The number of sulfone groups is 1. The van der Waals surface area contributed by atoms with Crippen LogP contribution >= 0.6 is 11.6 Å². The van der Waals surface area contributed by atoms with Crippen LogP contribution in [0.2, 0.25) is 5.02 Å². The molecule has 0 radical (unpaired) electrons. The quantitative estimate of drug-likeness (QED) is 0.608. The van der Waals surface area contributed by atoms with Crippen molar-refractivity contribution < 1.29 is 13.2 Å². The van der Waals surface area contributed by atoms with Crippen molar-refractivity contribution in [3.63, 3.8) is 0 Å². The average molecular weight is 418 g/mol. The van der Waals surface area contributed by atoms with Crippen molar-refractivity contribution in [1.29, 1.82) is 0 Å². The molecule has 7 heteroatoms. The second-order valence-corrected chi connectivity index (χ2v) is 8.87. The third-order valence-electron chi connectivity index (χ3n) is 4.34. The maximum atomic E-state index is 12.7. The summed E-state index contributed by atoms with van der Waals surface area (Å²) in [6, 6.07) is 15.5. The standard InChI is InChI=1S/C21H20ClNO4S/c1-15-10-18(12-23(2)21(15)24)16-7-5-8-19(11-16)28(25,26)14-27-13-17-6-3-4-9-20(17)22/h3-12H,13-14H2,1-2H3. The van der Waals surface area contributed by atoms with Crippen LogP contribution in [0.5, 0.6) is 0 Å². The normalized spacial score (nSPS) is 11.5. The molecule has 0 unspecified atom stereocenters.